The highest BCUT2D eigenvalue weighted by Crippen LogP contribution is 2.30. The Kier molecular flexibility index (Phi) is 4.07. The molecular weight excluding hydrogens is 356 g/mol. The van der Waals surface area contributed by atoms with Crippen molar-refractivity contribution >= 4 is 44.8 Å². The summed E-state index contributed by atoms with van der Waals surface area (Å²) in [6.07, 6.45) is 0. The SMILES string of the molecule is COc1ccc(Nc2nc(-c3nc4cc(Cl)ccc4n3C)cs2)cc1. The molecule has 2 aromatic carbocycles. The van der Waals surface area contributed by atoms with Crippen LogP contribution in [0.1, 0.15) is 0 Å². The maximum Gasteiger partial charge on any atom is 0.187 e. The number of nitrogens with zero attached hydrogens (tertiary/aromatic N) is 3. The first-order chi connectivity index (χ1) is 12.1. The fraction of sp³-hybridized carbons (Fsp3) is 0.111. The molecule has 0 fully saturated rings. The maximum absolute atomic E-state index is 6.06. The summed E-state index contributed by atoms with van der Waals surface area (Å²) in [4.78, 5) is 9.32. The second-order valence-electron chi connectivity index (χ2n) is 5.52. The molecule has 0 atom stereocenters. The third-order valence-corrected chi connectivity index (χ3v) is 4.91. The minimum absolute atomic E-state index is 0.678. The number of ether oxygens (including phenoxy) is 1. The first kappa shape index (κ1) is 15.9. The molecule has 126 valence electrons. The molecule has 2 aromatic heterocycles. The highest BCUT2D eigenvalue weighted by Gasteiger charge is 2.13. The summed E-state index contributed by atoms with van der Waals surface area (Å²) in [7, 11) is 3.63. The summed E-state index contributed by atoms with van der Waals surface area (Å²) in [6.45, 7) is 0. The lowest BCUT2D eigenvalue weighted by atomic mass is 10.3. The zero-order valence-corrected chi connectivity index (χ0v) is 15.2. The fourth-order valence-electron chi connectivity index (χ4n) is 2.63. The normalized spacial score (nSPS) is 11.0. The average Bonchev–Trinajstić information content (AvgIpc) is 3.20. The molecular formula is C18H15ClN4OS. The van der Waals surface area contributed by atoms with Crippen LogP contribution in [0.4, 0.5) is 10.8 Å². The molecule has 0 amide bonds. The van der Waals surface area contributed by atoms with Crippen LogP contribution in [0.15, 0.2) is 47.8 Å². The number of hydrogen-bond donors (Lipinski definition) is 1. The summed E-state index contributed by atoms with van der Waals surface area (Å²) in [5.74, 6) is 1.64. The average molecular weight is 371 g/mol. The Hall–Kier alpha value is -2.57. The molecule has 0 aliphatic rings. The summed E-state index contributed by atoms with van der Waals surface area (Å²) in [6, 6.07) is 13.4. The first-order valence-corrected chi connectivity index (χ1v) is 8.89. The third-order valence-electron chi connectivity index (χ3n) is 3.92. The van der Waals surface area contributed by atoms with Crippen molar-refractivity contribution in [3.8, 4) is 17.3 Å². The predicted molar refractivity (Wildman–Crippen MR) is 103 cm³/mol. The van der Waals surface area contributed by atoms with Gasteiger partial charge >= 0.3 is 0 Å². The number of halogens is 1. The van der Waals surface area contributed by atoms with Crippen molar-refractivity contribution < 1.29 is 4.74 Å². The van der Waals surface area contributed by atoms with Crippen LogP contribution in [0.5, 0.6) is 5.75 Å². The van der Waals surface area contributed by atoms with Gasteiger partial charge in [-0.05, 0) is 42.5 Å². The molecule has 4 rings (SSSR count). The van der Waals surface area contributed by atoms with Crippen LogP contribution in [-0.2, 0) is 7.05 Å². The van der Waals surface area contributed by atoms with Gasteiger partial charge in [-0.2, -0.15) is 0 Å². The Bertz CT molecular complexity index is 1040. The second-order valence-corrected chi connectivity index (χ2v) is 6.81. The van der Waals surface area contributed by atoms with Gasteiger partial charge in [-0.25, -0.2) is 9.97 Å². The largest absolute Gasteiger partial charge is 0.497 e. The molecule has 0 saturated heterocycles. The van der Waals surface area contributed by atoms with Crippen LogP contribution in [0.2, 0.25) is 5.02 Å². The molecule has 7 heteroatoms. The van der Waals surface area contributed by atoms with E-state index in [1.807, 2.05) is 59.5 Å². The van der Waals surface area contributed by atoms with Gasteiger partial charge in [0.2, 0.25) is 0 Å². The number of fused-ring (bicyclic) bond motifs is 1. The molecule has 0 radical (unpaired) electrons. The molecule has 0 bridgehead atoms. The lowest BCUT2D eigenvalue weighted by molar-refractivity contribution is 0.415. The minimum atomic E-state index is 0.678. The maximum atomic E-state index is 6.06. The Morgan fingerprint density at radius 2 is 1.92 bits per heavy atom. The van der Waals surface area contributed by atoms with E-state index in [-0.39, 0.29) is 0 Å². The lowest BCUT2D eigenvalue weighted by Crippen LogP contribution is -1.94. The summed E-state index contributed by atoms with van der Waals surface area (Å²) in [5, 5.41) is 6.78. The van der Waals surface area contributed by atoms with E-state index < -0.39 is 0 Å². The van der Waals surface area contributed by atoms with Crippen LogP contribution in [0.3, 0.4) is 0 Å². The minimum Gasteiger partial charge on any atom is -0.497 e. The van der Waals surface area contributed by atoms with Crippen LogP contribution in [0, 0.1) is 0 Å². The molecule has 4 aromatic rings. The number of hydrogen-bond acceptors (Lipinski definition) is 5. The van der Waals surface area contributed by atoms with E-state index >= 15 is 0 Å². The van der Waals surface area contributed by atoms with E-state index in [2.05, 4.69) is 15.3 Å². The van der Waals surface area contributed by atoms with Gasteiger partial charge in [0.05, 0.1) is 18.1 Å². The molecule has 0 saturated carbocycles. The fourth-order valence-corrected chi connectivity index (χ4v) is 3.51. The summed E-state index contributed by atoms with van der Waals surface area (Å²) in [5.41, 5.74) is 3.68. The molecule has 5 nitrogen and oxygen atoms in total. The third kappa shape index (κ3) is 3.06. The zero-order valence-electron chi connectivity index (χ0n) is 13.7. The quantitative estimate of drug-likeness (QED) is 0.542. The van der Waals surface area contributed by atoms with Gasteiger partial charge in [-0.3, -0.25) is 0 Å². The Morgan fingerprint density at radius 3 is 2.68 bits per heavy atom. The van der Waals surface area contributed by atoms with Crippen molar-refractivity contribution in [1.29, 1.82) is 0 Å². The van der Waals surface area contributed by atoms with Gasteiger partial charge in [0.15, 0.2) is 11.0 Å². The topological polar surface area (TPSA) is 52.0 Å². The smallest absolute Gasteiger partial charge is 0.187 e. The monoisotopic (exact) mass is 370 g/mol. The zero-order chi connectivity index (χ0) is 17.4. The number of nitrogens with one attached hydrogen (secondary N) is 1. The highest BCUT2D eigenvalue weighted by molar-refractivity contribution is 7.14. The number of methoxy groups -OCH3 is 1. The number of anilines is 2. The van der Waals surface area contributed by atoms with E-state index in [4.69, 9.17) is 16.3 Å². The predicted octanol–water partition coefficient (Wildman–Crippen LogP) is 5.10. The second kappa shape index (κ2) is 6.38. The summed E-state index contributed by atoms with van der Waals surface area (Å²) < 4.78 is 7.20. The molecule has 0 aliphatic carbocycles. The number of benzene rings is 2. The molecule has 0 aliphatic heterocycles. The highest BCUT2D eigenvalue weighted by atomic mass is 35.5. The van der Waals surface area contributed by atoms with Crippen molar-refractivity contribution in [3.05, 3.63) is 52.9 Å². The number of aromatic nitrogens is 3. The number of imidazole rings is 1. The van der Waals surface area contributed by atoms with Crippen LogP contribution in [-0.4, -0.2) is 21.6 Å². The van der Waals surface area contributed by atoms with Crippen LogP contribution in [0.25, 0.3) is 22.6 Å². The van der Waals surface area contributed by atoms with E-state index in [1.54, 1.807) is 7.11 Å². The van der Waals surface area contributed by atoms with Crippen LogP contribution < -0.4 is 10.1 Å². The van der Waals surface area contributed by atoms with Crippen LogP contribution >= 0.6 is 22.9 Å². The van der Waals surface area contributed by atoms with Gasteiger partial charge in [0.1, 0.15) is 11.4 Å². The molecule has 0 unspecified atom stereocenters. The summed E-state index contributed by atoms with van der Waals surface area (Å²) >= 11 is 7.60. The van der Waals surface area contributed by atoms with Crippen molar-refractivity contribution in [2.45, 2.75) is 0 Å². The first-order valence-electron chi connectivity index (χ1n) is 7.63. The van der Waals surface area contributed by atoms with Gasteiger partial charge in [-0.1, -0.05) is 11.6 Å². The lowest BCUT2D eigenvalue weighted by Gasteiger charge is -2.04. The molecule has 0 spiro atoms. The molecule has 25 heavy (non-hydrogen) atoms. The van der Waals surface area contributed by atoms with Gasteiger partial charge in [0.25, 0.3) is 0 Å². The van der Waals surface area contributed by atoms with E-state index in [0.29, 0.717) is 5.02 Å². The van der Waals surface area contributed by atoms with Gasteiger partial charge in [-0.15, -0.1) is 11.3 Å². The van der Waals surface area contributed by atoms with Crippen molar-refractivity contribution in [3.63, 3.8) is 0 Å². The number of thiazole rings is 1. The van der Waals surface area contributed by atoms with E-state index in [0.717, 1.165) is 39.1 Å². The number of aryl methyl sites for hydroxylation is 1. The Balaban J connectivity index is 1.63. The molecule has 1 N–H and O–H groups in total. The Labute approximate surface area is 153 Å². The number of rotatable bonds is 4. The Morgan fingerprint density at radius 1 is 1.12 bits per heavy atom. The van der Waals surface area contributed by atoms with Gasteiger partial charge < -0.3 is 14.6 Å². The standard InChI is InChI=1S/C18H15ClN4OS/c1-23-16-8-3-11(19)9-14(16)21-17(23)15-10-25-18(22-15)20-12-4-6-13(24-2)7-5-12/h3-10H,1-2H3,(H,20,22). The van der Waals surface area contributed by atoms with Crippen molar-refractivity contribution in [2.75, 3.05) is 12.4 Å². The molecule has 2 heterocycles. The van der Waals surface area contributed by atoms with E-state index in [1.165, 1.54) is 11.3 Å². The van der Waals surface area contributed by atoms with Crippen molar-refractivity contribution in [2.24, 2.45) is 7.05 Å². The van der Waals surface area contributed by atoms with Crippen molar-refractivity contribution in [1.82, 2.24) is 14.5 Å². The van der Waals surface area contributed by atoms with E-state index in [9.17, 15) is 0 Å². The van der Waals surface area contributed by atoms with Gasteiger partial charge in [0, 0.05) is 23.1 Å².